The van der Waals surface area contributed by atoms with Gasteiger partial charge in [0.25, 0.3) is 5.91 Å². The number of aliphatic carboxylic acids is 1. The van der Waals surface area contributed by atoms with E-state index in [4.69, 9.17) is 4.74 Å². The number of nitrogens with one attached hydrogen (secondary N) is 2. The van der Waals surface area contributed by atoms with E-state index >= 15 is 0 Å². The number of carbonyl (C=O) groups is 2. The first kappa shape index (κ1) is 20.9. The minimum absolute atomic E-state index is 0.285. The van der Waals surface area contributed by atoms with Gasteiger partial charge in [-0.15, -0.1) is 0 Å². The van der Waals surface area contributed by atoms with Crippen molar-refractivity contribution in [1.82, 2.24) is 0 Å². The van der Waals surface area contributed by atoms with Gasteiger partial charge in [0.05, 0.1) is 41.2 Å². The fourth-order valence-electron chi connectivity index (χ4n) is 3.79. The Morgan fingerprint density at radius 1 is 1.03 bits per heavy atom. The molecule has 0 bridgehead atoms. The number of rotatable bonds is 4. The number of carboxylic acids is 1. The number of nitriles is 1. The molecule has 1 atom stereocenters. The fourth-order valence-corrected chi connectivity index (χ4v) is 3.79. The van der Waals surface area contributed by atoms with E-state index in [1.165, 1.54) is 7.11 Å². The molecule has 1 heterocycles. The molecule has 0 saturated heterocycles. The van der Waals surface area contributed by atoms with Crippen LogP contribution in [0.25, 0.3) is 11.1 Å². The van der Waals surface area contributed by atoms with Crippen LogP contribution in [-0.2, 0) is 4.79 Å². The van der Waals surface area contributed by atoms with Gasteiger partial charge in [-0.05, 0) is 72.5 Å². The lowest BCUT2D eigenvalue weighted by Gasteiger charge is -2.14. The van der Waals surface area contributed by atoms with Crippen molar-refractivity contribution in [3.63, 3.8) is 0 Å². The van der Waals surface area contributed by atoms with Gasteiger partial charge < -0.3 is 20.5 Å². The summed E-state index contributed by atoms with van der Waals surface area (Å²) in [5.41, 5.74) is 6.01. The summed E-state index contributed by atoms with van der Waals surface area (Å²) in [5, 5.41) is 24.8. The average Bonchev–Trinajstić information content (AvgIpc) is 2.92. The molecule has 0 aromatic heterocycles. The van der Waals surface area contributed by atoms with E-state index in [9.17, 15) is 20.0 Å². The molecule has 3 aromatic carbocycles. The summed E-state index contributed by atoms with van der Waals surface area (Å²) in [6.45, 7) is 3.52. The molecule has 1 aliphatic rings. The van der Waals surface area contributed by atoms with Gasteiger partial charge in [-0.1, -0.05) is 12.1 Å². The third-order valence-electron chi connectivity index (χ3n) is 5.67. The van der Waals surface area contributed by atoms with Crippen molar-refractivity contribution in [3.8, 4) is 22.9 Å². The second-order valence-electron chi connectivity index (χ2n) is 7.68. The molecule has 1 aliphatic heterocycles. The molecule has 7 nitrogen and oxygen atoms in total. The highest BCUT2D eigenvalue weighted by atomic mass is 16.5. The van der Waals surface area contributed by atoms with Crippen LogP contribution in [0, 0.1) is 18.3 Å². The second kappa shape index (κ2) is 8.08. The lowest BCUT2D eigenvalue weighted by atomic mass is 9.96. The highest BCUT2D eigenvalue weighted by molar-refractivity contribution is 6.12. The van der Waals surface area contributed by atoms with E-state index in [0.717, 1.165) is 16.7 Å². The standard InChI is InChI=1S/C25H21N3O4/c1-13-8-17(12-26)23(32-3)11-19(13)16-4-6-18-21(10-16)27-20-7-5-15(14(2)25(30)31)9-22(20)28-24(18)29/h4-11,14,27H,1-3H3,(H,28,29)(H,30,31). The van der Waals surface area contributed by atoms with Crippen LogP contribution >= 0.6 is 0 Å². The van der Waals surface area contributed by atoms with Gasteiger partial charge in [-0.3, -0.25) is 9.59 Å². The van der Waals surface area contributed by atoms with Crippen LogP contribution in [0.3, 0.4) is 0 Å². The number of nitrogens with zero attached hydrogens (tertiary/aromatic N) is 1. The van der Waals surface area contributed by atoms with Gasteiger partial charge in [-0.2, -0.15) is 5.26 Å². The van der Waals surface area contributed by atoms with Gasteiger partial charge >= 0.3 is 5.97 Å². The predicted octanol–water partition coefficient (Wildman–Crippen LogP) is 5.04. The van der Waals surface area contributed by atoms with Crippen LogP contribution < -0.4 is 15.4 Å². The number of ether oxygens (including phenoxy) is 1. The molecule has 1 unspecified atom stereocenters. The van der Waals surface area contributed by atoms with Crippen molar-refractivity contribution >= 4 is 28.9 Å². The minimum Gasteiger partial charge on any atom is -0.495 e. The smallest absolute Gasteiger partial charge is 0.310 e. The summed E-state index contributed by atoms with van der Waals surface area (Å²) >= 11 is 0. The third-order valence-corrected chi connectivity index (χ3v) is 5.67. The van der Waals surface area contributed by atoms with Crippen LogP contribution in [0.4, 0.5) is 17.1 Å². The van der Waals surface area contributed by atoms with E-state index in [-0.39, 0.29) is 5.91 Å². The average molecular weight is 427 g/mol. The third kappa shape index (κ3) is 3.63. The zero-order chi connectivity index (χ0) is 23.0. The van der Waals surface area contributed by atoms with Crippen molar-refractivity contribution < 1.29 is 19.4 Å². The number of hydrogen-bond acceptors (Lipinski definition) is 5. The topological polar surface area (TPSA) is 111 Å². The van der Waals surface area contributed by atoms with E-state index in [2.05, 4.69) is 16.7 Å². The van der Waals surface area contributed by atoms with Crippen LogP contribution in [0.15, 0.2) is 48.5 Å². The quantitative estimate of drug-likeness (QED) is 0.538. The molecule has 0 saturated carbocycles. The molecule has 160 valence electrons. The molecule has 0 aliphatic carbocycles. The monoisotopic (exact) mass is 427 g/mol. The molecule has 3 N–H and O–H groups in total. The predicted molar refractivity (Wildman–Crippen MR) is 122 cm³/mol. The zero-order valence-electron chi connectivity index (χ0n) is 17.8. The highest BCUT2D eigenvalue weighted by Gasteiger charge is 2.22. The van der Waals surface area contributed by atoms with Gasteiger partial charge in [0.15, 0.2) is 0 Å². The summed E-state index contributed by atoms with van der Waals surface area (Å²) in [6.07, 6.45) is 0. The first-order valence-electron chi connectivity index (χ1n) is 10.0. The minimum atomic E-state index is -0.931. The summed E-state index contributed by atoms with van der Waals surface area (Å²) in [5.74, 6) is -1.42. The van der Waals surface area contributed by atoms with Crippen molar-refractivity contribution in [2.45, 2.75) is 19.8 Å². The first-order chi connectivity index (χ1) is 15.3. The molecule has 4 rings (SSSR count). The molecule has 0 spiro atoms. The fraction of sp³-hybridized carbons (Fsp3) is 0.160. The van der Waals surface area contributed by atoms with Crippen molar-refractivity contribution in [2.75, 3.05) is 17.7 Å². The molecule has 32 heavy (non-hydrogen) atoms. The number of amides is 1. The molecule has 0 radical (unpaired) electrons. The SMILES string of the molecule is COc1cc(-c2ccc3c(c2)Nc2ccc(C(C)C(=O)O)cc2NC3=O)c(C)cc1C#N. The normalized spacial score (nSPS) is 12.9. The number of aryl methyl sites for hydroxylation is 1. The summed E-state index contributed by atoms with van der Waals surface area (Å²) in [4.78, 5) is 24.2. The van der Waals surface area contributed by atoms with E-state index in [1.54, 1.807) is 37.3 Å². The van der Waals surface area contributed by atoms with Crippen molar-refractivity contribution in [3.05, 3.63) is 70.8 Å². The molecule has 1 amide bonds. The Kier molecular flexibility index (Phi) is 5.29. The largest absolute Gasteiger partial charge is 0.495 e. The Balaban J connectivity index is 1.77. The molecule has 3 aromatic rings. The number of hydrogen-bond donors (Lipinski definition) is 3. The Labute approximate surface area is 185 Å². The van der Waals surface area contributed by atoms with Crippen LogP contribution in [-0.4, -0.2) is 24.1 Å². The van der Waals surface area contributed by atoms with Crippen molar-refractivity contribution in [1.29, 1.82) is 5.26 Å². The Morgan fingerprint density at radius 3 is 2.50 bits per heavy atom. The lowest BCUT2D eigenvalue weighted by molar-refractivity contribution is -0.138. The maximum absolute atomic E-state index is 12.9. The maximum Gasteiger partial charge on any atom is 0.310 e. The number of carboxylic acid groups (broad SMARTS) is 1. The molecular formula is C25H21N3O4. The zero-order valence-corrected chi connectivity index (χ0v) is 17.8. The maximum atomic E-state index is 12.9. The van der Waals surface area contributed by atoms with Gasteiger partial charge in [0.1, 0.15) is 11.8 Å². The van der Waals surface area contributed by atoms with E-state index in [0.29, 0.717) is 39.5 Å². The number of anilines is 3. The number of methoxy groups -OCH3 is 1. The number of benzene rings is 3. The van der Waals surface area contributed by atoms with Crippen LogP contribution in [0.1, 0.15) is 39.9 Å². The summed E-state index contributed by atoms with van der Waals surface area (Å²) in [6, 6.07) is 16.4. The van der Waals surface area contributed by atoms with E-state index in [1.807, 2.05) is 25.1 Å². The Hall–Kier alpha value is -4.31. The summed E-state index contributed by atoms with van der Waals surface area (Å²) in [7, 11) is 1.52. The van der Waals surface area contributed by atoms with Crippen LogP contribution in [0.5, 0.6) is 5.75 Å². The molecule has 0 fully saturated rings. The van der Waals surface area contributed by atoms with Gasteiger partial charge in [0.2, 0.25) is 0 Å². The second-order valence-corrected chi connectivity index (χ2v) is 7.68. The Morgan fingerprint density at radius 2 is 1.81 bits per heavy atom. The van der Waals surface area contributed by atoms with Gasteiger partial charge in [0, 0.05) is 0 Å². The number of carbonyl (C=O) groups excluding carboxylic acids is 1. The summed E-state index contributed by atoms with van der Waals surface area (Å²) < 4.78 is 5.35. The Bertz CT molecular complexity index is 1310. The van der Waals surface area contributed by atoms with Gasteiger partial charge in [-0.25, -0.2) is 0 Å². The van der Waals surface area contributed by atoms with Crippen molar-refractivity contribution in [2.24, 2.45) is 0 Å². The highest BCUT2D eigenvalue weighted by Crippen LogP contribution is 2.38. The van der Waals surface area contributed by atoms with Crippen LogP contribution in [0.2, 0.25) is 0 Å². The van der Waals surface area contributed by atoms with E-state index < -0.39 is 11.9 Å². The number of fused-ring (bicyclic) bond motifs is 2. The molecule has 7 heteroatoms. The lowest BCUT2D eigenvalue weighted by Crippen LogP contribution is -2.12. The molecular weight excluding hydrogens is 406 g/mol. The first-order valence-corrected chi connectivity index (χ1v) is 10.0.